The maximum atomic E-state index is 13.6. The van der Waals surface area contributed by atoms with Gasteiger partial charge in [-0.05, 0) is 197 Å². The number of hydrogen-bond acceptors (Lipinski definition) is 6. The van der Waals surface area contributed by atoms with Crippen LogP contribution in [0.2, 0.25) is 0 Å². The molecule has 6 nitrogen and oxygen atoms in total. The number of phenols is 1. The van der Waals surface area contributed by atoms with Crippen LogP contribution in [0.5, 0.6) is 5.75 Å². The van der Waals surface area contributed by atoms with Gasteiger partial charge >= 0.3 is 0 Å². The van der Waals surface area contributed by atoms with Crippen molar-refractivity contribution in [2.24, 2.45) is 0 Å². The predicted molar refractivity (Wildman–Crippen MR) is 308 cm³/mol. The van der Waals surface area contributed by atoms with Gasteiger partial charge in [0.05, 0.1) is 17.0 Å². The lowest BCUT2D eigenvalue weighted by Gasteiger charge is -2.23. The predicted octanol–water partition coefficient (Wildman–Crippen LogP) is 17.8. The number of carbonyl (C=O) groups excluding carboxylic acids is 1. The monoisotopic (exact) mass is 977 g/mol. The molecule has 0 bridgehead atoms. The molecule has 1 N–H and O–H groups in total. The Labute approximate surface area is 439 Å². The Bertz CT molecular complexity index is 4010. The molecule has 4 aromatic heterocycles. The Morgan fingerprint density at radius 1 is 0.520 bits per heavy atom. The average molecular weight is 978 g/mol. The van der Waals surface area contributed by atoms with Gasteiger partial charge in [-0.1, -0.05) is 124 Å². The van der Waals surface area contributed by atoms with Crippen LogP contribution in [0.25, 0.3) is 100 Å². The molecule has 0 atom stereocenters. The van der Waals surface area contributed by atoms with Gasteiger partial charge in [0.1, 0.15) is 11.3 Å². The smallest absolute Gasteiger partial charge is 0.227 e. The maximum absolute atomic E-state index is 13.6. The SMILES string of the molecule is Cc1ccc2c(n1)oc1c(-c3ccc(-c4ccccc4-c4cc(-c5ccccc5CCC(=O)c5ccccc5O)cc(-c5c(C)c(C)c(C)c(C)c5-c5ccc(-c6cc(C(C)(C)C)ccn6)cc5)c4)cn3)cccc12. The summed E-state index contributed by atoms with van der Waals surface area (Å²) < 4.78 is 6.39. The molecule has 0 amide bonds. The molecule has 11 rings (SSSR count). The molecule has 0 radical (unpaired) electrons. The summed E-state index contributed by atoms with van der Waals surface area (Å²) in [5.74, 6) is -0.0921. The zero-order chi connectivity index (χ0) is 52.1. The van der Waals surface area contributed by atoms with Crippen molar-refractivity contribution in [2.45, 2.75) is 73.6 Å². The number of aromatic nitrogens is 3. The molecular formula is C69H59N3O3. The summed E-state index contributed by atoms with van der Waals surface area (Å²) in [5.41, 5.74) is 24.6. The molecule has 0 fully saturated rings. The van der Waals surface area contributed by atoms with Crippen LogP contribution in [0.15, 0.2) is 187 Å². The minimum atomic E-state index is -0.0955. The van der Waals surface area contributed by atoms with Crippen molar-refractivity contribution >= 4 is 27.9 Å². The second-order valence-corrected chi connectivity index (χ2v) is 21.0. The Hall–Kier alpha value is -8.74. The van der Waals surface area contributed by atoms with Crippen LogP contribution < -0.4 is 0 Å². The van der Waals surface area contributed by atoms with Crippen molar-refractivity contribution in [3.05, 3.63) is 227 Å². The zero-order valence-electron chi connectivity index (χ0n) is 43.8. The fourth-order valence-corrected chi connectivity index (χ4v) is 10.8. The van der Waals surface area contributed by atoms with Crippen molar-refractivity contribution in [3.63, 3.8) is 0 Å². The normalized spacial score (nSPS) is 11.7. The van der Waals surface area contributed by atoms with E-state index in [0.29, 0.717) is 17.7 Å². The third-order valence-electron chi connectivity index (χ3n) is 15.3. The molecule has 75 heavy (non-hydrogen) atoms. The number of para-hydroxylation sites is 2. The lowest BCUT2D eigenvalue weighted by atomic mass is 9.80. The summed E-state index contributed by atoms with van der Waals surface area (Å²) in [6, 6.07) is 58.5. The van der Waals surface area contributed by atoms with Gasteiger partial charge < -0.3 is 9.52 Å². The molecule has 0 saturated carbocycles. The Morgan fingerprint density at radius 3 is 1.84 bits per heavy atom. The first-order valence-corrected chi connectivity index (χ1v) is 25.8. The van der Waals surface area contributed by atoms with Crippen LogP contribution >= 0.6 is 0 Å². The zero-order valence-corrected chi connectivity index (χ0v) is 43.8. The highest BCUT2D eigenvalue weighted by atomic mass is 16.3. The second-order valence-electron chi connectivity index (χ2n) is 21.0. The highest BCUT2D eigenvalue weighted by Gasteiger charge is 2.23. The van der Waals surface area contributed by atoms with Crippen LogP contribution in [-0.4, -0.2) is 25.8 Å². The van der Waals surface area contributed by atoms with E-state index in [9.17, 15) is 9.90 Å². The van der Waals surface area contributed by atoms with Crippen LogP contribution in [0.3, 0.4) is 0 Å². The van der Waals surface area contributed by atoms with Gasteiger partial charge in [0, 0.05) is 52.0 Å². The van der Waals surface area contributed by atoms with E-state index in [2.05, 4.69) is 187 Å². The Morgan fingerprint density at radius 2 is 1.13 bits per heavy atom. The number of pyridine rings is 3. The van der Waals surface area contributed by atoms with E-state index < -0.39 is 0 Å². The molecule has 0 aliphatic carbocycles. The molecule has 0 saturated heterocycles. The van der Waals surface area contributed by atoms with Crippen molar-refractivity contribution in [1.82, 2.24) is 15.0 Å². The van der Waals surface area contributed by atoms with Gasteiger partial charge in [-0.15, -0.1) is 0 Å². The van der Waals surface area contributed by atoms with Crippen molar-refractivity contribution < 1.29 is 14.3 Å². The topological polar surface area (TPSA) is 89.1 Å². The van der Waals surface area contributed by atoms with Gasteiger partial charge in [0.25, 0.3) is 0 Å². The van der Waals surface area contributed by atoms with Crippen LogP contribution in [0.1, 0.15) is 76.6 Å². The van der Waals surface area contributed by atoms with E-state index in [0.717, 1.165) is 94.6 Å². The third-order valence-corrected chi connectivity index (χ3v) is 15.3. The minimum absolute atomic E-state index is 0.00345. The summed E-state index contributed by atoms with van der Waals surface area (Å²) in [4.78, 5) is 28.2. The Balaban J connectivity index is 1.06. The van der Waals surface area contributed by atoms with E-state index in [-0.39, 0.29) is 23.4 Å². The summed E-state index contributed by atoms with van der Waals surface area (Å²) in [6.45, 7) is 17.7. The fraction of sp³-hybridized carbons (Fsp3) is 0.159. The number of hydrogen-bond donors (Lipinski definition) is 1. The van der Waals surface area contributed by atoms with Gasteiger partial charge in [0.15, 0.2) is 5.78 Å². The fourth-order valence-electron chi connectivity index (χ4n) is 10.8. The quantitative estimate of drug-likeness (QED) is 0.130. The molecule has 4 heterocycles. The summed E-state index contributed by atoms with van der Waals surface area (Å²) in [6.07, 6.45) is 4.63. The number of fused-ring (bicyclic) bond motifs is 3. The number of carbonyl (C=O) groups is 1. The number of aromatic hydroxyl groups is 1. The largest absolute Gasteiger partial charge is 0.507 e. The summed E-state index contributed by atoms with van der Waals surface area (Å²) >= 11 is 0. The van der Waals surface area contributed by atoms with E-state index >= 15 is 0 Å². The summed E-state index contributed by atoms with van der Waals surface area (Å²) in [7, 11) is 0. The highest BCUT2D eigenvalue weighted by Crippen LogP contribution is 2.46. The number of ketones is 1. The van der Waals surface area contributed by atoms with Gasteiger partial charge in [0.2, 0.25) is 5.71 Å². The minimum Gasteiger partial charge on any atom is -0.507 e. The lowest BCUT2D eigenvalue weighted by molar-refractivity contribution is 0.0980. The Kier molecular flexibility index (Phi) is 12.7. The van der Waals surface area contributed by atoms with Crippen molar-refractivity contribution in [3.8, 4) is 83.9 Å². The number of nitrogens with zero attached hydrogens (tertiary/aromatic N) is 3. The average Bonchev–Trinajstić information content (AvgIpc) is 3.81. The van der Waals surface area contributed by atoms with Crippen molar-refractivity contribution in [1.29, 1.82) is 0 Å². The molecule has 11 aromatic rings. The van der Waals surface area contributed by atoms with Crippen LogP contribution in [0.4, 0.5) is 0 Å². The first kappa shape index (κ1) is 48.5. The molecule has 6 heteroatoms. The highest BCUT2D eigenvalue weighted by molar-refractivity contribution is 6.08. The molecule has 0 unspecified atom stereocenters. The first-order chi connectivity index (χ1) is 36.2. The number of Topliss-reactive ketones (excluding diaryl/α,β-unsaturated/α-hetero) is 1. The lowest BCUT2D eigenvalue weighted by Crippen LogP contribution is -2.11. The summed E-state index contributed by atoms with van der Waals surface area (Å²) in [5, 5.41) is 12.6. The molecule has 0 aliphatic rings. The van der Waals surface area contributed by atoms with E-state index in [4.69, 9.17) is 14.4 Å². The van der Waals surface area contributed by atoms with Crippen molar-refractivity contribution in [2.75, 3.05) is 0 Å². The van der Waals surface area contributed by atoms with Crippen LogP contribution in [0, 0.1) is 34.6 Å². The first-order valence-electron chi connectivity index (χ1n) is 25.8. The molecule has 0 aliphatic heterocycles. The van der Waals surface area contributed by atoms with Gasteiger partial charge in [-0.3, -0.25) is 14.8 Å². The maximum Gasteiger partial charge on any atom is 0.227 e. The molecular weight excluding hydrogens is 919 g/mol. The number of furan rings is 1. The standard InChI is InChI=1S/C69H59N3O3/c1-41-24-31-58-57-21-15-22-59(67(57)75-68(58)72-41)61-32-29-49(40-71-61)55-18-11-12-19-56(55)51-36-50(54-17-10-9-16-46(54)30-33-64(74)60-20-13-14-23-63(60)73)37-52(38-51)66-45(5)43(3)42(2)44(4)65(66)48-27-25-47(26-28-48)62-39-53(34-35-70-62)69(6,7)8/h9-29,31-32,34-40,73H,30,33H2,1-8H3. The van der Waals surface area contributed by atoms with E-state index in [1.54, 1.807) is 24.3 Å². The van der Waals surface area contributed by atoms with Gasteiger partial charge in [-0.2, -0.15) is 0 Å². The van der Waals surface area contributed by atoms with E-state index in [1.807, 2.05) is 31.5 Å². The number of rotatable bonds is 11. The molecule has 368 valence electrons. The van der Waals surface area contributed by atoms with Crippen LogP contribution in [-0.2, 0) is 11.8 Å². The van der Waals surface area contributed by atoms with E-state index in [1.165, 1.54) is 38.9 Å². The molecule has 0 spiro atoms. The second kappa shape index (κ2) is 19.6. The van der Waals surface area contributed by atoms with Gasteiger partial charge in [-0.25, -0.2) is 4.98 Å². The third kappa shape index (κ3) is 9.22. The number of benzene rings is 7. The number of aryl methyl sites for hydroxylation is 2. The molecule has 7 aromatic carbocycles. The number of phenolic OH excluding ortho intramolecular Hbond substituents is 1.